The van der Waals surface area contributed by atoms with Crippen LogP contribution in [-0.4, -0.2) is 73.0 Å². The molecule has 1 aromatic heterocycles. The molecule has 1 aliphatic rings. The zero-order valence-electron chi connectivity index (χ0n) is 14.6. The number of ether oxygens (including phenoxy) is 1. The van der Waals surface area contributed by atoms with Gasteiger partial charge in [-0.25, -0.2) is 18.4 Å². The third-order valence-corrected chi connectivity index (χ3v) is 5.54. The lowest BCUT2D eigenvalue weighted by atomic mass is 10.1. The van der Waals surface area contributed by atoms with Crippen LogP contribution in [0, 0.1) is 0 Å². The van der Waals surface area contributed by atoms with E-state index in [9.17, 15) is 13.2 Å². The first-order valence-corrected chi connectivity index (χ1v) is 9.95. The van der Waals surface area contributed by atoms with Gasteiger partial charge in [0.1, 0.15) is 5.69 Å². The number of hydrogen-bond donors (Lipinski definition) is 0. The zero-order chi connectivity index (χ0) is 18.7. The van der Waals surface area contributed by atoms with Gasteiger partial charge in [-0.3, -0.25) is 4.79 Å². The SMILES string of the molecule is COc1nccnc1-c1cccc(C(=O)N2CCN(S(C)(=O)=O)CC2)c1. The maximum Gasteiger partial charge on any atom is 0.253 e. The molecule has 1 fully saturated rings. The van der Waals surface area contributed by atoms with Crippen LogP contribution in [-0.2, 0) is 10.0 Å². The molecular weight excluding hydrogens is 356 g/mol. The van der Waals surface area contributed by atoms with E-state index in [0.717, 1.165) is 5.56 Å². The van der Waals surface area contributed by atoms with Crippen molar-refractivity contribution in [2.75, 3.05) is 39.5 Å². The summed E-state index contributed by atoms with van der Waals surface area (Å²) in [7, 11) is -1.71. The van der Waals surface area contributed by atoms with Crippen molar-refractivity contribution in [3.8, 4) is 17.1 Å². The number of nitrogens with zero attached hydrogens (tertiary/aromatic N) is 4. The minimum atomic E-state index is -3.22. The summed E-state index contributed by atoms with van der Waals surface area (Å²) >= 11 is 0. The van der Waals surface area contributed by atoms with Crippen molar-refractivity contribution >= 4 is 15.9 Å². The van der Waals surface area contributed by atoms with E-state index in [4.69, 9.17) is 4.74 Å². The highest BCUT2D eigenvalue weighted by molar-refractivity contribution is 7.88. The molecule has 0 unspecified atom stereocenters. The van der Waals surface area contributed by atoms with E-state index < -0.39 is 10.0 Å². The Kier molecular flexibility index (Phi) is 5.19. The number of methoxy groups -OCH3 is 1. The van der Waals surface area contributed by atoms with Crippen molar-refractivity contribution in [3.63, 3.8) is 0 Å². The van der Waals surface area contributed by atoms with Gasteiger partial charge >= 0.3 is 0 Å². The molecule has 0 radical (unpaired) electrons. The number of benzene rings is 1. The molecule has 0 atom stereocenters. The zero-order valence-corrected chi connectivity index (χ0v) is 15.4. The topological polar surface area (TPSA) is 92.7 Å². The third kappa shape index (κ3) is 3.83. The van der Waals surface area contributed by atoms with Crippen molar-refractivity contribution in [1.29, 1.82) is 0 Å². The van der Waals surface area contributed by atoms with E-state index in [2.05, 4.69) is 9.97 Å². The number of piperazine rings is 1. The summed E-state index contributed by atoms with van der Waals surface area (Å²) < 4.78 is 29.8. The van der Waals surface area contributed by atoms with Crippen molar-refractivity contribution in [2.45, 2.75) is 0 Å². The summed E-state index contributed by atoms with van der Waals surface area (Å²) in [6.07, 6.45) is 4.29. The number of hydrogen-bond acceptors (Lipinski definition) is 6. The van der Waals surface area contributed by atoms with Crippen LogP contribution in [0.1, 0.15) is 10.4 Å². The molecule has 1 aromatic carbocycles. The van der Waals surface area contributed by atoms with Crippen LogP contribution in [0.5, 0.6) is 5.88 Å². The second-order valence-electron chi connectivity index (χ2n) is 5.95. The van der Waals surface area contributed by atoms with E-state index in [-0.39, 0.29) is 5.91 Å². The minimum absolute atomic E-state index is 0.136. The fourth-order valence-corrected chi connectivity index (χ4v) is 3.70. The highest BCUT2D eigenvalue weighted by Crippen LogP contribution is 2.26. The summed E-state index contributed by atoms with van der Waals surface area (Å²) in [6, 6.07) is 7.10. The molecule has 2 heterocycles. The van der Waals surface area contributed by atoms with Gasteiger partial charge in [0.15, 0.2) is 0 Å². The van der Waals surface area contributed by atoms with Gasteiger partial charge in [0.2, 0.25) is 15.9 Å². The summed E-state index contributed by atoms with van der Waals surface area (Å²) in [4.78, 5) is 22.9. The Hall–Kier alpha value is -2.52. The van der Waals surface area contributed by atoms with Crippen molar-refractivity contribution in [3.05, 3.63) is 42.2 Å². The lowest BCUT2D eigenvalue weighted by Crippen LogP contribution is -2.50. The summed E-state index contributed by atoms with van der Waals surface area (Å²) in [5.74, 6) is 0.252. The Balaban J connectivity index is 1.79. The fourth-order valence-electron chi connectivity index (χ4n) is 2.88. The molecule has 1 saturated heterocycles. The highest BCUT2D eigenvalue weighted by atomic mass is 32.2. The number of sulfonamides is 1. The molecule has 0 spiro atoms. The molecule has 26 heavy (non-hydrogen) atoms. The molecule has 1 aliphatic heterocycles. The summed E-state index contributed by atoms with van der Waals surface area (Å²) in [5, 5.41) is 0. The Morgan fingerprint density at radius 3 is 2.46 bits per heavy atom. The fraction of sp³-hybridized carbons (Fsp3) is 0.353. The highest BCUT2D eigenvalue weighted by Gasteiger charge is 2.26. The Labute approximate surface area is 152 Å². The second-order valence-corrected chi connectivity index (χ2v) is 7.93. The van der Waals surface area contributed by atoms with Gasteiger partial charge in [-0.05, 0) is 12.1 Å². The first kappa shape index (κ1) is 18.3. The van der Waals surface area contributed by atoms with Crippen LogP contribution in [0.2, 0.25) is 0 Å². The molecule has 0 N–H and O–H groups in total. The normalized spacial score (nSPS) is 15.7. The van der Waals surface area contributed by atoms with E-state index in [0.29, 0.717) is 43.3 Å². The molecule has 1 amide bonds. The van der Waals surface area contributed by atoms with E-state index in [1.54, 1.807) is 35.5 Å². The average molecular weight is 376 g/mol. The van der Waals surface area contributed by atoms with Gasteiger partial charge in [0.05, 0.1) is 13.4 Å². The summed E-state index contributed by atoms with van der Waals surface area (Å²) in [5.41, 5.74) is 1.81. The molecule has 0 saturated carbocycles. The molecule has 138 valence electrons. The number of aromatic nitrogens is 2. The second kappa shape index (κ2) is 7.38. The predicted molar refractivity (Wildman–Crippen MR) is 96.3 cm³/mol. The number of amides is 1. The monoisotopic (exact) mass is 376 g/mol. The van der Waals surface area contributed by atoms with Crippen molar-refractivity contribution in [2.24, 2.45) is 0 Å². The van der Waals surface area contributed by atoms with Gasteiger partial charge in [0, 0.05) is 49.7 Å². The van der Waals surface area contributed by atoms with E-state index >= 15 is 0 Å². The van der Waals surface area contributed by atoms with E-state index in [1.165, 1.54) is 17.7 Å². The smallest absolute Gasteiger partial charge is 0.253 e. The molecule has 8 nitrogen and oxygen atoms in total. The van der Waals surface area contributed by atoms with Crippen LogP contribution < -0.4 is 4.74 Å². The maximum absolute atomic E-state index is 12.8. The Bertz CT molecular complexity index is 908. The Morgan fingerprint density at radius 2 is 1.81 bits per heavy atom. The molecule has 3 rings (SSSR count). The molecule has 9 heteroatoms. The first-order chi connectivity index (χ1) is 12.4. The number of carbonyl (C=O) groups is 1. The van der Waals surface area contributed by atoms with Crippen LogP contribution in [0.4, 0.5) is 0 Å². The van der Waals surface area contributed by atoms with Gasteiger partial charge < -0.3 is 9.64 Å². The largest absolute Gasteiger partial charge is 0.479 e. The maximum atomic E-state index is 12.8. The molecule has 0 bridgehead atoms. The molecule has 2 aromatic rings. The lowest BCUT2D eigenvalue weighted by molar-refractivity contribution is 0.0698. The molecule has 0 aliphatic carbocycles. The van der Waals surface area contributed by atoms with Gasteiger partial charge in [-0.15, -0.1) is 0 Å². The van der Waals surface area contributed by atoms with Crippen molar-refractivity contribution in [1.82, 2.24) is 19.2 Å². The van der Waals surface area contributed by atoms with Crippen LogP contribution in [0.15, 0.2) is 36.7 Å². The van der Waals surface area contributed by atoms with Crippen LogP contribution >= 0.6 is 0 Å². The third-order valence-electron chi connectivity index (χ3n) is 4.24. The predicted octanol–water partition coefficient (Wildman–Crippen LogP) is 0.870. The Morgan fingerprint density at radius 1 is 1.12 bits per heavy atom. The molecular formula is C17H20N4O4S. The lowest BCUT2D eigenvalue weighted by Gasteiger charge is -2.33. The average Bonchev–Trinajstić information content (AvgIpc) is 2.67. The van der Waals surface area contributed by atoms with Crippen LogP contribution in [0.3, 0.4) is 0 Å². The minimum Gasteiger partial charge on any atom is -0.479 e. The van der Waals surface area contributed by atoms with Crippen LogP contribution in [0.25, 0.3) is 11.3 Å². The van der Waals surface area contributed by atoms with Gasteiger partial charge in [-0.2, -0.15) is 4.31 Å². The number of carbonyl (C=O) groups excluding carboxylic acids is 1. The van der Waals surface area contributed by atoms with Crippen molar-refractivity contribution < 1.29 is 17.9 Å². The number of rotatable bonds is 4. The van der Waals surface area contributed by atoms with Gasteiger partial charge in [-0.1, -0.05) is 12.1 Å². The first-order valence-electron chi connectivity index (χ1n) is 8.10. The van der Waals surface area contributed by atoms with E-state index in [1.807, 2.05) is 6.07 Å². The summed E-state index contributed by atoms with van der Waals surface area (Å²) in [6.45, 7) is 1.35. The standard InChI is InChI=1S/C17H20N4O4S/c1-25-16-15(18-6-7-19-16)13-4-3-5-14(12-13)17(22)20-8-10-21(11-9-20)26(2,23)24/h3-7,12H,8-11H2,1-2H3. The van der Waals surface area contributed by atoms with Gasteiger partial charge in [0.25, 0.3) is 5.91 Å². The quantitative estimate of drug-likeness (QED) is 0.786.